The van der Waals surface area contributed by atoms with E-state index in [0.29, 0.717) is 5.75 Å². The van der Waals surface area contributed by atoms with Gasteiger partial charge in [-0.15, -0.1) is 0 Å². The maximum absolute atomic E-state index is 11.4. The van der Waals surface area contributed by atoms with Crippen LogP contribution in [0, 0.1) is 0 Å². The molecule has 0 amide bonds. The Labute approximate surface area is 131 Å². The molecule has 4 aromatic rings. The average Bonchev–Trinajstić information content (AvgIpc) is 2.90. The first kappa shape index (κ1) is 13.5. The van der Waals surface area contributed by atoms with Crippen LogP contribution < -0.4 is 10.3 Å². The molecule has 0 radical (unpaired) electrons. The van der Waals surface area contributed by atoms with Gasteiger partial charge >= 0.3 is 0 Å². The molecule has 0 bridgehead atoms. The van der Waals surface area contributed by atoms with Crippen LogP contribution >= 0.6 is 0 Å². The molecule has 0 fully saturated rings. The average molecular weight is 306 g/mol. The number of hydrogen-bond acceptors (Lipinski definition) is 3. The number of H-pyrrole nitrogens is 1. The van der Waals surface area contributed by atoms with Gasteiger partial charge in [-0.1, -0.05) is 0 Å². The highest BCUT2D eigenvalue weighted by Crippen LogP contribution is 2.33. The number of rotatable bonds is 2. The largest absolute Gasteiger partial charge is 0.497 e. The standard InChI is InChI=1S/C18H14N2O3/c1-23-14-5-2-12-10-20(18(22)15(12)9-14)13-4-6-16-11(8-13)3-7-17(21)19-16/h2-10,22H,1H3,(H,19,21). The van der Waals surface area contributed by atoms with Crippen molar-refractivity contribution in [2.75, 3.05) is 7.11 Å². The molecule has 4 rings (SSSR count). The molecule has 2 N–H and O–H groups in total. The van der Waals surface area contributed by atoms with E-state index in [1.54, 1.807) is 23.8 Å². The molecule has 0 unspecified atom stereocenters. The van der Waals surface area contributed by atoms with Crippen LogP contribution in [-0.4, -0.2) is 21.8 Å². The summed E-state index contributed by atoms with van der Waals surface area (Å²) in [6, 6.07) is 14.4. The Balaban J connectivity index is 1.93. The fraction of sp³-hybridized carbons (Fsp3) is 0.0556. The zero-order chi connectivity index (χ0) is 16.0. The molecule has 5 nitrogen and oxygen atoms in total. The summed E-state index contributed by atoms with van der Waals surface area (Å²) in [6.45, 7) is 0. The van der Waals surface area contributed by atoms with Gasteiger partial charge in [-0.05, 0) is 42.5 Å². The first-order valence-electron chi connectivity index (χ1n) is 7.17. The minimum absolute atomic E-state index is 0.133. The highest BCUT2D eigenvalue weighted by molar-refractivity contribution is 5.90. The molecule has 23 heavy (non-hydrogen) atoms. The van der Waals surface area contributed by atoms with Crippen molar-refractivity contribution in [3.8, 4) is 17.3 Å². The fourth-order valence-electron chi connectivity index (χ4n) is 2.79. The van der Waals surface area contributed by atoms with Gasteiger partial charge < -0.3 is 14.8 Å². The number of hydrogen-bond donors (Lipinski definition) is 2. The van der Waals surface area contributed by atoms with E-state index < -0.39 is 0 Å². The highest BCUT2D eigenvalue weighted by atomic mass is 16.5. The van der Waals surface area contributed by atoms with E-state index in [2.05, 4.69) is 4.98 Å². The monoisotopic (exact) mass is 306 g/mol. The predicted molar refractivity (Wildman–Crippen MR) is 89.6 cm³/mol. The molecule has 0 aliphatic carbocycles. The third-order valence-electron chi connectivity index (χ3n) is 3.98. The summed E-state index contributed by atoms with van der Waals surface area (Å²) in [7, 11) is 1.60. The summed E-state index contributed by atoms with van der Waals surface area (Å²) < 4.78 is 6.92. The molecule has 0 spiro atoms. The van der Waals surface area contributed by atoms with Crippen molar-refractivity contribution in [3.05, 3.63) is 65.1 Å². The van der Waals surface area contributed by atoms with Gasteiger partial charge in [0.1, 0.15) is 5.75 Å². The third-order valence-corrected chi connectivity index (χ3v) is 3.98. The van der Waals surface area contributed by atoms with Gasteiger partial charge in [-0.25, -0.2) is 0 Å². The molecule has 2 heterocycles. The lowest BCUT2D eigenvalue weighted by molar-refractivity contribution is 0.414. The van der Waals surface area contributed by atoms with E-state index in [0.717, 1.165) is 27.4 Å². The van der Waals surface area contributed by atoms with Gasteiger partial charge in [0.25, 0.3) is 0 Å². The lowest BCUT2D eigenvalue weighted by atomic mass is 10.2. The van der Waals surface area contributed by atoms with Gasteiger partial charge in [-0.2, -0.15) is 0 Å². The fourth-order valence-corrected chi connectivity index (χ4v) is 2.79. The van der Waals surface area contributed by atoms with Crippen molar-refractivity contribution in [3.63, 3.8) is 0 Å². The van der Waals surface area contributed by atoms with Gasteiger partial charge in [0.2, 0.25) is 11.4 Å². The van der Waals surface area contributed by atoms with E-state index >= 15 is 0 Å². The number of aromatic hydroxyl groups is 1. The molecule has 2 aromatic heterocycles. The van der Waals surface area contributed by atoms with E-state index in [9.17, 15) is 9.90 Å². The van der Waals surface area contributed by atoms with Crippen molar-refractivity contribution in [1.82, 2.24) is 9.55 Å². The zero-order valence-electron chi connectivity index (χ0n) is 12.4. The summed E-state index contributed by atoms with van der Waals surface area (Å²) >= 11 is 0. The van der Waals surface area contributed by atoms with E-state index in [4.69, 9.17) is 4.74 Å². The molecule has 114 valence electrons. The van der Waals surface area contributed by atoms with Crippen LogP contribution in [0.2, 0.25) is 0 Å². The minimum atomic E-state index is -0.133. The van der Waals surface area contributed by atoms with Crippen LogP contribution in [0.15, 0.2) is 59.5 Å². The Bertz CT molecular complexity index is 1090. The van der Waals surface area contributed by atoms with Crippen LogP contribution in [-0.2, 0) is 0 Å². The number of nitrogens with zero attached hydrogens (tertiary/aromatic N) is 1. The Kier molecular flexibility index (Phi) is 2.87. The number of ether oxygens (including phenoxy) is 1. The van der Waals surface area contributed by atoms with Crippen LogP contribution in [0.25, 0.3) is 27.4 Å². The molecular formula is C18H14N2O3. The maximum atomic E-state index is 11.4. The van der Waals surface area contributed by atoms with E-state index in [-0.39, 0.29) is 11.4 Å². The topological polar surface area (TPSA) is 67.2 Å². The Morgan fingerprint density at radius 1 is 1.04 bits per heavy atom. The normalized spacial score (nSPS) is 11.2. The number of methoxy groups -OCH3 is 1. The summed E-state index contributed by atoms with van der Waals surface area (Å²) in [5, 5.41) is 13.1. The van der Waals surface area contributed by atoms with Crippen molar-refractivity contribution in [1.29, 1.82) is 0 Å². The van der Waals surface area contributed by atoms with Gasteiger partial charge in [-0.3, -0.25) is 9.36 Å². The highest BCUT2D eigenvalue weighted by Gasteiger charge is 2.11. The zero-order valence-corrected chi connectivity index (χ0v) is 12.4. The molecule has 0 aliphatic rings. The number of benzene rings is 2. The molecule has 0 saturated heterocycles. The first-order chi connectivity index (χ1) is 11.2. The van der Waals surface area contributed by atoms with Crippen LogP contribution in [0.1, 0.15) is 0 Å². The smallest absolute Gasteiger partial charge is 0.248 e. The van der Waals surface area contributed by atoms with Crippen LogP contribution in [0.4, 0.5) is 0 Å². The molecule has 0 saturated carbocycles. The maximum Gasteiger partial charge on any atom is 0.248 e. The van der Waals surface area contributed by atoms with Gasteiger partial charge in [0.05, 0.1) is 7.11 Å². The lowest BCUT2D eigenvalue weighted by Gasteiger charge is -2.06. The second kappa shape index (κ2) is 4.91. The van der Waals surface area contributed by atoms with Gasteiger partial charge in [0, 0.05) is 39.6 Å². The quantitative estimate of drug-likeness (QED) is 0.597. The van der Waals surface area contributed by atoms with Crippen LogP contribution in [0.3, 0.4) is 0 Å². The van der Waals surface area contributed by atoms with Crippen molar-refractivity contribution >= 4 is 21.7 Å². The van der Waals surface area contributed by atoms with Gasteiger partial charge in [0.15, 0.2) is 0 Å². The molecule has 0 atom stereocenters. The number of fused-ring (bicyclic) bond motifs is 2. The number of aromatic nitrogens is 2. The number of aromatic amines is 1. The predicted octanol–water partition coefficient (Wildman–Crippen LogP) is 3.19. The molecule has 0 aliphatic heterocycles. The van der Waals surface area contributed by atoms with E-state index in [1.165, 1.54) is 6.07 Å². The van der Waals surface area contributed by atoms with Crippen molar-refractivity contribution in [2.24, 2.45) is 0 Å². The molecule has 5 heteroatoms. The van der Waals surface area contributed by atoms with Crippen LogP contribution in [0.5, 0.6) is 11.6 Å². The SMILES string of the molecule is COc1ccc2cn(-c3ccc4[nH]c(=O)ccc4c3)c(O)c2c1. The summed E-state index contributed by atoms with van der Waals surface area (Å²) in [6.07, 6.45) is 1.87. The second-order valence-corrected chi connectivity index (χ2v) is 5.37. The Morgan fingerprint density at radius 3 is 2.70 bits per heavy atom. The molecular weight excluding hydrogens is 292 g/mol. The number of nitrogens with one attached hydrogen (secondary N) is 1. The summed E-state index contributed by atoms with van der Waals surface area (Å²) in [5.74, 6) is 0.851. The van der Waals surface area contributed by atoms with Crippen molar-refractivity contribution in [2.45, 2.75) is 0 Å². The first-order valence-corrected chi connectivity index (χ1v) is 7.17. The second-order valence-electron chi connectivity index (χ2n) is 5.37. The van der Waals surface area contributed by atoms with Crippen molar-refractivity contribution < 1.29 is 9.84 Å². The third kappa shape index (κ3) is 2.14. The summed E-state index contributed by atoms with van der Waals surface area (Å²) in [5.41, 5.74) is 1.45. The minimum Gasteiger partial charge on any atom is -0.497 e. The van der Waals surface area contributed by atoms with E-state index in [1.807, 2.05) is 36.5 Å². The Hall–Kier alpha value is -3.21. The molecule has 2 aromatic carbocycles. The Morgan fingerprint density at radius 2 is 1.87 bits per heavy atom. The lowest BCUT2D eigenvalue weighted by Crippen LogP contribution is -2.02. The number of pyridine rings is 1. The summed E-state index contributed by atoms with van der Waals surface area (Å²) in [4.78, 5) is 14.1.